The summed E-state index contributed by atoms with van der Waals surface area (Å²) in [6.07, 6.45) is 4.54. The molecule has 8 heteroatoms. The fourth-order valence-corrected chi connectivity index (χ4v) is 4.12. The lowest BCUT2D eigenvalue weighted by Gasteiger charge is -2.11. The van der Waals surface area contributed by atoms with Gasteiger partial charge < -0.3 is 9.72 Å². The second-order valence-electron chi connectivity index (χ2n) is 8.69. The highest BCUT2D eigenvalue weighted by atomic mass is 19.1. The lowest BCUT2D eigenvalue weighted by atomic mass is 9.97. The molecule has 0 aliphatic rings. The molecule has 37 heavy (non-hydrogen) atoms. The maximum Gasteiger partial charge on any atom is 0.200 e. The number of benzene rings is 2. The maximum atomic E-state index is 15.0. The molecular weight excluding hydrogens is 476 g/mol. The van der Waals surface area contributed by atoms with Crippen LogP contribution in [0.1, 0.15) is 27.2 Å². The first-order valence-electron chi connectivity index (χ1n) is 11.5. The van der Waals surface area contributed by atoms with Crippen molar-refractivity contribution >= 4 is 16.8 Å². The van der Waals surface area contributed by atoms with Gasteiger partial charge in [0.15, 0.2) is 28.5 Å². The number of rotatable bonds is 6. The predicted octanol–water partition coefficient (Wildman–Crippen LogP) is 6.10. The van der Waals surface area contributed by atoms with E-state index in [9.17, 15) is 18.4 Å². The Hall–Kier alpha value is -4.72. The molecule has 0 amide bonds. The maximum absolute atomic E-state index is 15.0. The van der Waals surface area contributed by atoms with Crippen molar-refractivity contribution < 1.29 is 18.3 Å². The van der Waals surface area contributed by atoms with E-state index in [1.165, 1.54) is 42.6 Å². The molecule has 2 aromatic carbocycles. The number of aromatic amines is 1. The molecule has 0 atom stereocenters. The summed E-state index contributed by atoms with van der Waals surface area (Å²) in [4.78, 5) is 37.8. The van der Waals surface area contributed by atoms with Crippen LogP contribution >= 0.6 is 0 Å². The fraction of sp³-hybridized carbons (Fsp3) is 0.103. The predicted molar refractivity (Wildman–Crippen MR) is 136 cm³/mol. The highest BCUT2D eigenvalue weighted by molar-refractivity contribution is 5.99. The quantitative estimate of drug-likeness (QED) is 0.287. The van der Waals surface area contributed by atoms with Crippen molar-refractivity contribution in [3.05, 3.63) is 117 Å². The van der Waals surface area contributed by atoms with E-state index in [-0.39, 0.29) is 23.3 Å². The second kappa shape index (κ2) is 9.73. The van der Waals surface area contributed by atoms with E-state index in [4.69, 9.17) is 4.74 Å². The average molecular weight is 498 g/mol. The highest BCUT2D eigenvalue weighted by Gasteiger charge is 2.19. The largest absolute Gasteiger partial charge is 0.452 e. The van der Waals surface area contributed by atoms with Crippen molar-refractivity contribution in [3.8, 4) is 22.6 Å². The van der Waals surface area contributed by atoms with Gasteiger partial charge in [0, 0.05) is 42.3 Å². The van der Waals surface area contributed by atoms with Gasteiger partial charge in [-0.2, -0.15) is 0 Å². The Morgan fingerprint density at radius 1 is 0.973 bits per heavy atom. The fourth-order valence-electron chi connectivity index (χ4n) is 4.12. The Morgan fingerprint density at radius 3 is 2.51 bits per heavy atom. The van der Waals surface area contributed by atoms with Crippen LogP contribution < -0.4 is 10.2 Å². The molecule has 0 bridgehead atoms. The summed E-state index contributed by atoms with van der Waals surface area (Å²) >= 11 is 0. The van der Waals surface area contributed by atoms with Crippen LogP contribution in [0.25, 0.3) is 22.2 Å². The summed E-state index contributed by atoms with van der Waals surface area (Å²) in [7, 11) is 0. The van der Waals surface area contributed by atoms with Gasteiger partial charge >= 0.3 is 0 Å². The molecule has 3 heterocycles. The Balaban J connectivity index is 1.40. The smallest absolute Gasteiger partial charge is 0.200 e. The zero-order chi connectivity index (χ0) is 26.1. The van der Waals surface area contributed by atoms with Gasteiger partial charge in [-0.1, -0.05) is 18.2 Å². The first kappa shape index (κ1) is 24.0. The first-order valence-corrected chi connectivity index (χ1v) is 11.5. The minimum atomic E-state index is -0.659. The molecule has 5 aromatic rings. The van der Waals surface area contributed by atoms with Crippen molar-refractivity contribution in [1.29, 1.82) is 0 Å². The Labute approximate surface area is 210 Å². The number of aromatic nitrogens is 3. The zero-order valence-electron chi connectivity index (χ0n) is 20.0. The Morgan fingerprint density at radius 2 is 1.76 bits per heavy atom. The third-order valence-corrected chi connectivity index (χ3v) is 5.97. The lowest BCUT2D eigenvalue weighted by Crippen LogP contribution is -2.21. The molecule has 0 aliphatic carbocycles. The molecule has 0 radical (unpaired) electrons. The second-order valence-corrected chi connectivity index (χ2v) is 8.69. The molecule has 0 saturated heterocycles. The third kappa shape index (κ3) is 4.86. The van der Waals surface area contributed by atoms with Crippen LogP contribution in [-0.2, 0) is 6.42 Å². The van der Waals surface area contributed by atoms with Crippen molar-refractivity contribution in [2.75, 3.05) is 0 Å². The van der Waals surface area contributed by atoms with Gasteiger partial charge in [0.2, 0.25) is 0 Å². The number of fused-ring (bicyclic) bond motifs is 1. The normalized spacial score (nSPS) is 11.0. The number of aryl methyl sites for hydroxylation is 2. The van der Waals surface area contributed by atoms with Crippen molar-refractivity contribution in [2.45, 2.75) is 20.3 Å². The van der Waals surface area contributed by atoms with Gasteiger partial charge in [0.1, 0.15) is 11.3 Å². The molecular formula is C29H21F2N3O3. The van der Waals surface area contributed by atoms with Crippen LogP contribution in [0.5, 0.6) is 11.5 Å². The number of hydrogen-bond donors (Lipinski definition) is 1. The van der Waals surface area contributed by atoms with Crippen LogP contribution in [0.2, 0.25) is 0 Å². The van der Waals surface area contributed by atoms with E-state index in [1.807, 2.05) is 13.0 Å². The van der Waals surface area contributed by atoms with Gasteiger partial charge in [-0.05, 0) is 60.9 Å². The summed E-state index contributed by atoms with van der Waals surface area (Å²) < 4.78 is 34.0. The molecule has 0 saturated carbocycles. The number of halogens is 2. The summed E-state index contributed by atoms with van der Waals surface area (Å²) in [6.45, 7) is 3.52. The van der Waals surface area contributed by atoms with E-state index >= 15 is 0 Å². The van der Waals surface area contributed by atoms with Gasteiger partial charge in [-0.15, -0.1) is 0 Å². The molecule has 0 unspecified atom stereocenters. The first-order chi connectivity index (χ1) is 17.8. The summed E-state index contributed by atoms with van der Waals surface area (Å²) in [5, 5.41) is 0. The van der Waals surface area contributed by atoms with Crippen LogP contribution in [0, 0.1) is 25.5 Å². The number of carbonyl (C=O) groups excluding carboxylic acids is 1. The third-order valence-electron chi connectivity index (χ3n) is 5.97. The minimum absolute atomic E-state index is 0.0211. The molecule has 0 spiro atoms. The van der Waals surface area contributed by atoms with Gasteiger partial charge in [0.25, 0.3) is 0 Å². The molecule has 0 aliphatic heterocycles. The number of pyridine rings is 3. The van der Waals surface area contributed by atoms with Crippen LogP contribution in [0.3, 0.4) is 0 Å². The van der Waals surface area contributed by atoms with Crippen LogP contribution in [0.15, 0.2) is 78.0 Å². The van der Waals surface area contributed by atoms with E-state index in [0.29, 0.717) is 33.6 Å². The van der Waals surface area contributed by atoms with Gasteiger partial charge in [-0.25, -0.2) is 8.78 Å². The van der Waals surface area contributed by atoms with Crippen molar-refractivity contribution in [3.63, 3.8) is 0 Å². The summed E-state index contributed by atoms with van der Waals surface area (Å²) in [6, 6.07) is 13.1. The van der Waals surface area contributed by atoms with Crippen molar-refractivity contribution in [1.82, 2.24) is 15.0 Å². The summed E-state index contributed by atoms with van der Waals surface area (Å²) in [5.74, 6) is -1.23. The van der Waals surface area contributed by atoms with E-state index < -0.39 is 22.8 Å². The van der Waals surface area contributed by atoms with Gasteiger partial charge in [0.05, 0.1) is 11.1 Å². The molecule has 1 N–H and O–H groups in total. The van der Waals surface area contributed by atoms with Gasteiger partial charge in [-0.3, -0.25) is 19.6 Å². The topological polar surface area (TPSA) is 84.9 Å². The Bertz CT molecular complexity index is 1710. The standard InChI is InChI=1S/C29H21F2N3O3/c1-16-11-23-28(34-14-16)26(9-10-32-23)37-25-8-3-18(12-22(25)31)13-24(35)27-17(2)33-15-21(29(27)36)19-4-6-20(30)7-5-19/h3-12,14-15H,13H2,1-2H3,(H,33,36). The number of H-pyrrole nitrogens is 1. The highest BCUT2D eigenvalue weighted by Crippen LogP contribution is 2.30. The average Bonchev–Trinajstić information content (AvgIpc) is 2.86. The number of Topliss-reactive ketones (excluding diaryl/α,β-unsaturated/α-hetero) is 1. The lowest BCUT2D eigenvalue weighted by molar-refractivity contribution is 0.0991. The summed E-state index contributed by atoms with van der Waals surface area (Å²) in [5.41, 5.74) is 3.09. The zero-order valence-corrected chi connectivity index (χ0v) is 20.0. The number of ketones is 1. The molecule has 6 nitrogen and oxygen atoms in total. The van der Waals surface area contributed by atoms with E-state index in [1.54, 1.807) is 31.5 Å². The molecule has 3 aromatic heterocycles. The monoisotopic (exact) mass is 497 g/mol. The minimum Gasteiger partial charge on any atom is -0.452 e. The van der Waals surface area contributed by atoms with Crippen LogP contribution in [0.4, 0.5) is 8.78 Å². The van der Waals surface area contributed by atoms with E-state index in [0.717, 1.165) is 5.56 Å². The SMILES string of the molecule is Cc1cnc2c(Oc3ccc(CC(=O)c4c(C)[nH]cc(-c5ccc(F)cc5)c4=O)cc3F)ccnc2c1. The number of ether oxygens (including phenoxy) is 1. The number of carbonyl (C=O) groups is 1. The molecule has 0 fully saturated rings. The molecule has 5 rings (SSSR count). The number of nitrogens with one attached hydrogen (secondary N) is 1. The Kier molecular flexibility index (Phi) is 6.31. The van der Waals surface area contributed by atoms with Crippen LogP contribution in [-0.4, -0.2) is 20.7 Å². The number of hydrogen-bond acceptors (Lipinski definition) is 5. The van der Waals surface area contributed by atoms with Crippen molar-refractivity contribution in [2.24, 2.45) is 0 Å². The molecule has 184 valence electrons. The van der Waals surface area contributed by atoms with E-state index in [2.05, 4.69) is 15.0 Å². The number of nitrogens with zero attached hydrogens (tertiary/aromatic N) is 2.